The summed E-state index contributed by atoms with van der Waals surface area (Å²) in [6, 6.07) is 0. The van der Waals surface area contributed by atoms with Crippen LogP contribution < -0.4 is 0 Å². The van der Waals surface area contributed by atoms with Crippen LogP contribution in [0.2, 0.25) is 0 Å². The maximum absolute atomic E-state index is 2.69. The van der Waals surface area contributed by atoms with E-state index in [4.69, 9.17) is 0 Å². The summed E-state index contributed by atoms with van der Waals surface area (Å²) >= 11 is 0. The average molecular weight is 164 g/mol. The lowest BCUT2D eigenvalue weighted by Gasteiger charge is -2.38. The quantitative estimate of drug-likeness (QED) is 0.617. The summed E-state index contributed by atoms with van der Waals surface area (Å²) in [7, 11) is 0. The summed E-state index contributed by atoms with van der Waals surface area (Å²) in [4.78, 5) is 2.69. The Labute approximate surface area is 75.1 Å². The fourth-order valence-electron chi connectivity index (χ4n) is 2.65. The molecule has 1 radical (unpaired) electrons. The van der Waals surface area contributed by atoms with E-state index >= 15 is 0 Å². The number of hydrogen-bond donors (Lipinski definition) is 0. The molecule has 3 atom stereocenters. The molecule has 2 saturated carbocycles. The fourth-order valence-corrected chi connectivity index (χ4v) is 2.65. The van der Waals surface area contributed by atoms with Crippen LogP contribution in [0.25, 0.3) is 0 Å². The predicted molar refractivity (Wildman–Crippen MR) is 49.7 cm³/mol. The monoisotopic (exact) mass is 164 g/mol. The van der Waals surface area contributed by atoms with Gasteiger partial charge in [-0.3, -0.25) is 4.90 Å². The largest absolute Gasteiger partial charge is 0.298 e. The van der Waals surface area contributed by atoms with Gasteiger partial charge >= 0.3 is 0 Å². The standard InChI is InChI=1S/C11H18N/c1-11(12-5-2-6-12)8-10(11)7-9-3-4-9/h3,9-10H,2,4-8H2,1H3. The van der Waals surface area contributed by atoms with Crippen LogP contribution in [0.4, 0.5) is 0 Å². The molecule has 1 heteroatoms. The van der Waals surface area contributed by atoms with E-state index in [0.29, 0.717) is 5.54 Å². The number of nitrogens with zero attached hydrogens (tertiary/aromatic N) is 1. The Hall–Kier alpha value is -0.0400. The Balaban J connectivity index is 1.56. The zero-order valence-corrected chi connectivity index (χ0v) is 7.92. The predicted octanol–water partition coefficient (Wildman–Crippen LogP) is 2.08. The zero-order valence-electron chi connectivity index (χ0n) is 7.92. The minimum Gasteiger partial charge on any atom is -0.298 e. The van der Waals surface area contributed by atoms with Gasteiger partial charge in [0.25, 0.3) is 0 Å². The van der Waals surface area contributed by atoms with Gasteiger partial charge in [0, 0.05) is 5.54 Å². The van der Waals surface area contributed by atoms with Crippen molar-refractivity contribution in [3.63, 3.8) is 0 Å². The van der Waals surface area contributed by atoms with Crippen molar-refractivity contribution in [1.29, 1.82) is 0 Å². The van der Waals surface area contributed by atoms with Gasteiger partial charge in [0.1, 0.15) is 0 Å². The van der Waals surface area contributed by atoms with Crippen LogP contribution in [-0.2, 0) is 0 Å². The van der Waals surface area contributed by atoms with E-state index in [9.17, 15) is 0 Å². The summed E-state index contributed by atoms with van der Waals surface area (Å²) in [5.41, 5.74) is 0.648. The molecular weight excluding hydrogens is 146 g/mol. The Bertz CT molecular complexity index is 193. The first-order valence-electron chi connectivity index (χ1n) is 5.37. The maximum Gasteiger partial charge on any atom is 0.0213 e. The minimum atomic E-state index is 0.648. The number of rotatable bonds is 3. The minimum absolute atomic E-state index is 0.648. The molecule has 0 amide bonds. The lowest BCUT2D eigenvalue weighted by Crippen LogP contribution is -2.46. The number of hydrogen-bond acceptors (Lipinski definition) is 1. The lowest BCUT2D eigenvalue weighted by atomic mass is 10.1. The lowest BCUT2D eigenvalue weighted by molar-refractivity contribution is 0.0995. The summed E-state index contributed by atoms with van der Waals surface area (Å²) in [6.45, 7) is 5.22. The van der Waals surface area contributed by atoms with Crippen molar-refractivity contribution in [3.8, 4) is 0 Å². The molecule has 12 heavy (non-hydrogen) atoms. The first-order chi connectivity index (χ1) is 5.79. The third kappa shape index (κ3) is 1.02. The number of likely N-dealkylation sites (tertiary alicyclic amines) is 1. The molecule has 0 spiro atoms. The highest BCUT2D eigenvalue weighted by Crippen LogP contribution is 2.55. The van der Waals surface area contributed by atoms with Crippen LogP contribution in [-0.4, -0.2) is 23.5 Å². The van der Waals surface area contributed by atoms with Crippen LogP contribution in [0.15, 0.2) is 0 Å². The van der Waals surface area contributed by atoms with E-state index < -0.39 is 0 Å². The molecule has 67 valence electrons. The van der Waals surface area contributed by atoms with E-state index in [1.165, 1.54) is 38.8 Å². The van der Waals surface area contributed by atoms with Gasteiger partial charge in [-0.1, -0.05) is 0 Å². The second-order valence-corrected chi connectivity index (χ2v) is 5.07. The molecule has 3 fully saturated rings. The molecule has 0 aromatic carbocycles. The van der Waals surface area contributed by atoms with Crippen LogP contribution in [0.5, 0.6) is 0 Å². The van der Waals surface area contributed by atoms with Crippen molar-refractivity contribution >= 4 is 0 Å². The highest BCUT2D eigenvalue weighted by molar-refractivity contribution is 5.12. The fraction of sp³-hybridized carbons (Fsp3) is 0.909. The van der Waals surface area contributed by atoms with E-state index in [1.807, 2.05) is 0 Å². The van der Waals surface area contributed by atoms with E-state index in [1.54, 1.807) is 0 Å². The first-order valence-corrected chi connectivity index (χ1v) is 5.37. The zero-order chi connectivity index (χ0) is 8.18. The molecule has 1 nitrogen and oxygen atoms in total. The molecule has 3 rings (SSSR count). The van der Waals surface area contributed by atoms with E-state index in [-0.39, 0.29) is 0 Å². The molecule has 1 aliphatic heterocycles. The summed E-state index contributed by atoms with van der Waals surface area (Å²) in [5.74, 6) is 2.06. The summed E-state index contributed by atoms with van der Waals surface area (Å²) in [5, 5.41) is 0. The third-order valence-electron chi connectivity index (χ3n) is 4.11. The highest BCUT2D eigenvalue weighted by atomic mass is 15.3. The Morgan fingerprint density at radius 1 is 1.50 bits per heavy atom. The second kappa shape index (κ2) is 2.25. The van der Waals surface area contributed by atoms with E-state index in [2.05, 4.69) is 18.2 Å². The molecule has 1 saturated heterocycles. The van der Waals surface area contributed by atoms with Crippen molar-refractivity contribution in [2.45, 2.75) is 38.1 Å². The van der Waals surface area contributed by atoms with Gasteiger partial charge in [0.2, 0.25) is 0 Å². The molecule has 0 aromatic heterocycles. The average Bonchev–Trinajstić information content (AvgIpc) is 2.72. The highest BCUT2D eigenvalue weighted by Gasteiger charge is 2.56. The van der Waals surface area contributed by atoms with Gasteiger partial charge in [0.05, 0.1) is 0 Å². The maximum atomic E-state index is 2.69. The molecule has 2 aliphatic carbocycles. The Morgan fingerprint density at radius 2 is 2.25 bits per heavy atom. The van der Waals surface area contributed by atoms with Crippen molar-refractivity contribution in [2.24, 2.45) is 11.8 Å². The smallest absolute Gasteiger partial charge is 0.0213 e. The van der Waals surface area contributed by atoms with Crippen molar-refractivity contribution in [3.05, 3.63) is 6.42 Å². The SMILES string of the molecule is CC1(N2CCC2)CC1CC1[CH]C1. The second-order valence-electron chi connectivity index (χ2n) is 5.07. The molecule has 0 bridgehead atoms. The molecular formula is C11H18N. The molecule has 0 N–H and O–H groups in total. The van der Waals surface area contributed by atoms with Gasteiger partial charge in [-0.25, -0.2) is 0 Å². The van der Waals surface area contributed by atoms with Crippen molar-refractivity contribution in [1.82, 2.24) is 4.90 Å². The van der Waals surface area contributed by atoms with Gasteiger partial charge in [-0.15, -0.1) is 0 Å². The van der Waals surface area contributed by atoms with E-state index in [0.717, 1.165) is 11.8 Å². The Morgan fingerprint density at radius 3 is 2.75 bits per heavy atom. The normalized spacial score (nSPS) is 47.2. The van der Waals surface area contributed by atoms with Crippen LogP contribution >= 0.6 is 0 Å². The van der Waals surface area contributed by atoms with Crippen LogP contribution in [0.3, 0.4) is 0 Å². The Kier molecular flexibility index (Phi) is 1.39. The topological polar surface area (TPSA) is 3.24 Å². The van der Waals surface area contributed by atoms with Crippen molar-refractivity contribution < 1.29 is 0 Å². The van der Waals surface area contributed by atoms with Gasteiger partial charge in [-0.05, 0) is 64.0 Å². The first kappa shape index (κ1) is 7.37. The van der Waals surface area contributed by atoms with Gasteiger partial charge in [0.15, 0.2) is 0 Å². The summed E-state index contributed by atoms with van der Waals surface area (Å²) < 4.78 is 0. The van der Waals surface area contributed by atoms with Gasteiger partial charge < -0.3 is 0 Å². The third-order valence-corrected chi connectivity index (χ3v) is 4.11. The molecule has 1 heterocycles. The van der Waals surface area contributed by atoms with Crippen molar-refractivity contribution in [2.75, 3.05) is 13.1 Å². The molecule has 3 unspecified atom stereocenters. The molecule has 3 aliphatic rings. The van der Waals surface area contributed by atoms with Crippen LogP contribution in [0.1, 0.15) is 32.6 Å². The molecule has 0 aromatic rings. The summed E-state index contributed by atoms with van der Waals surface area (Å²) in [6.07, 6.45) is 8.30. The van der Waals surface area contributed by atoms with Gasteiger partial charge in [-0.2, -0.15) is 0 Å². The van der Waals surface area contributed by atoms with Crippen LogP contribution in [0, 0.1) is 18.3 Å².